The normalized spacial score (nSPS) is 28.7. The predicted molar refractivity (Wildman–Crippen MR) is 101 cm³/mol. The highest BCUT2D eigenvalue weighted by molar-refractivity contribution is 5.33. The first-order chi connectivity index (χ1) is 12.9. The van der Waals surface area contributed by atoms with Crippen molar-refractivity contribution in [1.82, 2.24) is 0 Å². The average molecular weight is 380 g/mol. The van der Waals surface area contributed by atoms with Gasteiger partial charge in [-0.25, -0.2) is 17.6 Å². The van der Waals surface area contributed by atoms with Crippen LogP contribution in [0.1, 0.15) is 56.6 Å². The third-order valence-corrected chi connectivity index (χ3v) is 6.32. The largest absolute Gasteiger partial charge is 0.239 e. The summed E-state index contributed by atoms with van der Waals surface area (Å²) in [5.74, 6) is -0.966. The molecule has 1 fully saturated rings. The smallest absolute Gasteiger partial charge is 0.162 e. The van der Waals surface area contributed by atoms with Gasteiger partial charge in [-0.15, -0.1) is 0 Å². The van der Waals surface area contributed by atoms with Gasteiger partial charge in [-0.2, -0.15) is 0 Å². The standard InChI is InChI=1S/C23H28F4/c1-3-16-12-13-19(23(27)21(16)25)17-9-5-15(6-10-17)7-11-18-8-4-14(2)20(24)22(18)26/h4,8,12-13,15,17,21,23H,3,5-7,9-11H2,1-2H3. The van der Waals surface area contributed by atoms with Crippen LogP contribution in [0.5, 0.6) is 0 Å². The first-order valence-corrected chi connectivity index (χ1v) is 10.0. The summed E-state index contributed by atoms with van der Waals surface area (Å²) in [6.45, 7) is 3.40. The molecule has 1 aromatic rings. The number of hydrogen-bond acceptors (Lipinski definition) is 0. The van der Waals surface area contributed by atoms with Crippen molar-refractivity contribution in [3.8, 4) is 0 Å². The van der Waals surface area contributed by atoms with Crippen molar-refractivity contribution in [3.63, 3.8) is 0 Å². The number of rotatable bonds is 5. The molecule has 0 heterocycles. The van der Waals surface area contributed by atoms with Crippen LogP contribution in [0.4, 0.5) is 17.6 Å². The van der Waals surface area contributed by atoms with Gasteiger partial charge in [0.1, 0.15) is 0 Å². The third kappa shape index (κ3) is 4.30. The van der Waals surface area contributed by atoms with Crippen molar-refractivity contribution in [1.29, 1.82) is 0 Å². The quantitative estimate of drug-likeness (QED) is 0.484. The Bertz CT molecular complexity index is 726. The molecule has 2 aliphatic carbocycles. The van der Waals surface area contributed by atoms with Gasteiger partial charge in [0.05, 0.1) is 0 Å². The third-order valence-electron chi connectivity index (χ3n) is 6.32. The van der Waals surface area contributed by atoms with Gasteiger partial charge in [-0.05, 0) is 86.0 Å². The van der Waals surface area contributed by atoms with Crippen LogP contribution in [0, 0.1) is 30.4 Å². The molecule has 2 aliphatic rings. The first kappa shape index (κ1) is 20.2. The summed E-state index contributed by atoms with van der Waals surface area (Å²) in [6.07, 6.45) is 5.88. The highest BCUT2D eigenvalue weighted by Gasteiger charge is 2.35. The second kappa shape index (κ2) is 8.62. The zero-order valence-electron chi connectivity index (χ0n) is 16.1. The molecule has 2 unspecified atom stereocenters. The highest BCUT2D eigenvalue weighted by Crippen LogP contribution is 2.40. The molecule has 3 rings (SSSR count). The predicted octanol–water partition coefficient (Wildman–Crippen LogP) is 6.96. The van der Waals surface area contributed by atoms with E-state index in [1.165, 1.54) is 0 Å². The summed E-state index contributed by atoms with van der Waals surface area (Å²) in [5, 5.41) is 0. The Balaban J connectivity index is 1.55. The lowest BCUT2D eigenvalue weighted by Crippen LogP contribution is -2.30. The van der Waals surface area contributed by atoms with E-state index in [1.54, 1.807) is 31.2 Å². The van der Waals surface area contributed by atoms with Crippen LogP contribution in [0.2, 0.25) is 0 Å². The van der Waals surface area contributed by atoms with Crippen molar-refractivity contribution in [2.45, 2.75) is 71.1 Å². The Morgan fingerprint density at radius 3 is 2.30 bits per heavy atom. The van der Waals surface area contributed by atoms with E-state index >= 15 is 0 Å². The minimum Gasteiger partial charge on any atom is -0.239 e. The molecular weight excluding hydrogens is 352 g/mol. The van der Waals surface area contributed by atoms with Gasteiger partial charge >= 0.3 is 0 Å². The number of allylic oxidation sites excluding steroid dienone is 4. The van der Waals surface area contributed by atoms with Gasteiger partial charge in [0.25, 0.3) is 0 Å². The van der Waals surface area contributed by atoms with Crippen molar-refractivity contribution in [3.05, 3.63) is 58.2 Å². The molecule has 0 saturated heterocycles. The summed E-state index contributed by atoms with van der Waals surface area (Å²) in [6, 6.07) is 3.28. The molecule has 2 atom stereocenters. The maximum atomic E-state index is 14.5. The molecule has 148 valence electrons. The second-order valence-electron chi connectivity index (χ2n) is 7.99. The summed E-state index contributed by atoms with van der Waals surface area (Å²) in [7, 11) is 0. The topological polar surface area (TPSA) is 0 Å². The van der Waals surface area contributed by atoms with E-state index in [2.05, 4.69) is 0 Å². The van der Waals surface area contributed by atoms with Gasteiger partial charge in [0.15, 0.2) is 24.0 Å². The van der Waals surface area contributed by atoms with Crippen LogP contribution in [0.15, 0.2) is 35.4 Å². The van der Waals surface area contributed by atoms with E-state index < -0.39 is 24.0 Å². The lowest BCUT2D eigenvalue weighted by atomic mass is 9.73. The summed E-state index contributed by atoms with van der Waals surface area (Å²) in [5.41, 5.74) is 1.89. The van der Waals surface area contributed by atoms with Crippen LogP contribution < -0.4 is 0 Å². The molecule has 27 heavy (non-hydrogen) atoms. The maximum absolute atomic E-state index is 14.5. The summed E-state index contributed by atoms with van der Waals surface area (Å²) in [4.78, 5) is 0. The van der Waals surface area contributed by atoms with E-state index in [0.29, 0.717) is 41.0 Å². The van der Waals surface area contributed by atoms with Crippen molar-refractivity contribution >= 4 is 0 Å². The molecule has 0 amide bonds. The van der Waals surface area contributed by atoms with Crippen molar-refractivity contribution in [2.75, 3.05) is 0 Å². The maximum Gasteiger partial charge on any atom is 0.162 e. The fourth-order valence-electron chi connectivity index (χ4n) is 4.44. The molecule has 4 heteroatoms. The zero-order valence-corrected chi connectivity index (χ0v) is 16.1. The zero-order chi connectivity index (χ0) is 19.6. The minimum atomic E-state index is -1.52. The van der Waals surface area contributed by atoms with Gasteiger partial charge in [-0.3, -0.25) is 0 Å². The average Bonchev–Trinajstić information content (AvgIpc) is 2.68. The van der Waals surface area contributed by atoms with Gasteiger partial charge in [0.2, 0.25) is 0 Å². The van der Waals surface area contributed by atoms with Crippen LogP contribution in [0.3, 0.4) is 0 Å². The summed E-state index contributed by atoms with van der Waals surface area (Å²) < 4.78 is 56.3. The van der Waals surface area contributed by atoms with E-state index in [0.717, 1.165) is 32.1 Å². The highest BCUT2D eigenvalue weighted by atomic mass is 19.2. The van der Waals surface area contributed by atoms with Crippen molar-refractivity contribution in [2.24, 2.45) is 11.8 Å². The SMILES string of the molecule is CCC1=CC=C(C2CCC(CCc3ccc(C)c(F)c3F)CC2)C(F)C1F. The molecule has 1 saturated carbocycles. The Kier molecular flexibility index (Phi) is 6.44. The van der Waals surface area contributed by atoms with E-state index in [4.69, 9.17) is 0 Å². The Morgan fingerprint density at radius 1 is 0.926 bits per heavy atom. The van der Waals surface area contributed by atoms with Crippen LogP contribution in [0.25, 0.3) is 0 Å². The van der Waals surface area contributed by atoms with Crippen LogP contribution in [-0.4, -0.2) is 12.3 Å². The Morgan fingerprint density at radius 2 is 1.63 bits per heavy atom. The molecule has 0 bridgehead atoms. The van der Waals surface area contributed by atoms with Gasteiger partial charge in [-0.1, -0.05) is 31.2 Å². The fraction of sp³-hybridized carbons (Fsp3) is 0.565. The Hall–Kier alpha value is -1.58. The van der Waals surface area contributed by atoms with Crippen LogP contribution in [-0.2, 0) is 6.42 Å². The van der Waals surface area contributed by atoms with Gasteiger partial charge < -0.3 is 0 Å². The van der Waals surface area contributed by atoms with E-state index in [-0.39, 0.29) is 5.92 Å². The fourth-order valence-corrected chi connectivity index (χ4v) is 4.44. The van der Waals surface area contributed by atoms with Crippen LogP contribution >= 0.6 is 0 Å². The lowest BCUT2D eigenvalue weighted by Gasteiger charge is -2.33. The molecule has 0 spiro atoms. The first-order valence-electron chi connectivity index (χ1n) is 10.0. The van der Waals surface area contributed by atoms with E-state index in [1.807, 2.05) is 6.92 Å². The molecule has 0 radical (unpaired) electrons. The molecule has 1 aromatic carbocycles. The number of hydrogen-bond donors (Lipinski definition) is 0. The second-order valence-corrected chi connectivity index (χ2v) is 7.99. The molecular formula is C23H28F4. The monoisotopic (exact) mass is 380 g/mol. The molecule has 0 nitrogen and oxygen atoms in total. The van der Waals surface area contributed by atoms with Crippen molar-refractivity contribution < 1.29 is 17.6 Å². The van der Waals surface area contributed by atoms with E-state index in [9.17, 15) is 17.6 Å². The summed E-state index contributed by atoms with van der Waals surface area (Å²) >= 11 is 0. The number of aryl methyl sites for hydroxylation is 2. The molecule has 0 aromatic heterocycles. The molecule has 0 aliphatic heterocycles. The minimum absolute atomic E-state index is 0.0951. The lowest BCUT2D eigenvalue weighted by molar-refractivity contribution is 0.189. The number of halogens is 4. The number of benzene rings is 1. The molecule has 0 N–H and O–H groups in total. The van der Waals surface area contributed by atoms with Gasteiger partial charge in [0, 0.05) is 0 Å². The number of alkyl halides is 2. The Labute approximate surface area is 159 Å².